The van der Waals surface area contributed by atoms with Gasteiger partial charge in [0.1, 0.15) is 0 Å². The number of hydrogen-bond acceptors (Lipinski definition) is 6. The Bertz CT molecular complexity index is 1690. The predicted molar refractivity (Wildman–Crippen MR) is 224 cm³/mol. The SMILES string of the molecule is CC1=C(C)[C]([Ti+3])([Si](c2c(C)ccc(N(C)C)c2N(C)C)(c2c(C)ccc(N(C)C)c2N(C)C)c2c(C)ccc(N(C)C)c2N(C)C)C(C)=C1C.[Cl-].[Cl-].[Cl-]. The van der Waals surface area contributed by atoms with Crippen LogP contribution in [0, 0.1) is 20.8 Å². The zero-order chi connectivity index (χ0) is 37.9. The van der Waals surface area contributed by atoms with Gasteiger partial charge in [0.05, 0.1) is 0 Å². The van der Waals surface area contributed by atoms with Crippen molar-refractivity contribution in [3.63, 3.8) is 0 Å². The third-order valence-corrected chi connectivity index (χ3v) is 20.3. The Morgan fingerprint density at radius 1 is 0.396 bits per heavy atom. The summed E-state index contributed by atoms with van der Waals surface area (Å²) in [5, 5.41) is 4.46. The second-order valence-electron chi connectivity index (χ2n) is 15.7. The van der Waals surface area contributed by atoms with E-state index in [2.05, 4.69) is 219 Å². The maximum absolute atomic E-state index is 3.33. The van der Waals surface area contributed by atoms with Crippen LogP contribution in [0.25, 0.3) is 0 Å². The van der Waals surface area contributed by atoms with Gasteiger partial charge in [-0.3, -0.25) is 0 Å². The van der Waals surface area contributed by atoms with Crippen molar-refractivity contribution in [2.75, 3.05) is 114 Å². The van der Waals surface area contributed by atoms with Crippen LogP contribution in [-0.2, 0) is 20.4 Å². The van der Waals surface area contributed by atoms with Crippen molar-refractivity contribution in [2.45, 2.75) is 51.8 Å². The number of hydrogen-bond donors (Lipinski definition) is 0. The van der Waals surface area contributed by atoms with Gasteiger partial charge in [0.2, 0.25) is 0 Å². The molecule has 0 atom stereocenters. The van der Waals surface area contributed by atoms with Crippen molar-refractivity contribution >= 4 is 57.8 Å². The second kappa shape index (κ2) is 17.7. The van der Waals surface area contributed by atoms with E-state index >= 15 is 0 Å². The summed E-state index contributed by atoms with van der Waals surface area (Å²) in [5.74, 6) is 0. The summed E-state index contributed by atoms with van der Waals surface area (Å²) in [4.78, 5) is 14.1. The van der Waals surface area contributed by atoms with E-state index in [9.17, 15) is 0 Å². The average molecular weight is 834 g/mol. The molecule has 11 heteroatoms. The molecular formula is C42H63Cl3N6SiTi. The number of rotatable bonds is 10. The fourth-order valence-electron chi connectivity index (χ4n) is 8.81. The van der Waals surface area contributed by atoms with Gasteiger partial charge < -0.3 is 37.2 Å². The molecule has 4 rings (SSSR count). The standard InChI is InChI=1S/C42H63N6Si.3ClH.Ti/c1-26-20-23-33(43(8)9)36(46(14)15)39(26)49(42-31(6)29(4)30(5)32(42)7,40-27(2)21-24-34(44(10)11)37(40)47(16)17)41-28(3)22-25-35(45(12)13)38(41)48(18)19;;;;/h20-25H,1-19H3;3*1H;/q;;;;+3/p-3. The van der Waals surface area contributed by atoms with Crippen LogP contribution in [0.1, 0.15) is 44.4 Å². The maximum atomic E-state index is 2.62. The molecule has 0 N–H and O–H groups in total. The first-order valence-electron chi connectivity index (χ1n) is 17.7. The van der Waals surface area contributed by atoms with E-state index in [1.54, 1.807) is 0 Å². The van der Waals surface area contributed by atoms with Crippen LogP contribution in [0.15, 0.2) is 58.7 Å². The number of nitrogens with zero attached hydrogens (tertiary/aromatic N) is 6. The summed E-state index contributed by atoms with van der Waals surface area (Å²) < 4.78 is -0.317. The summed E-state index contributed by atoms with van der Waals surface area (Å²) in [6.07, 6.45) is 0. The summed E-state index contributed by atoms with van der Waals surface area (Å²) in [7, 11) is 23.3. The number of halogens is 3. The first-order chi connectivity index (χ1) is 23.1. The monoisotopic (exact) mass is 832 g/mol. The van der Waals surface area contributed by atoms with E-state index in [0.717, 1.165) is 0 Å². The van der Waals surface area contributed by atoms with Gasteiger partial charge in [0.15, 0.2) is 0 Å². The van der Waals surface area contributed by atoms with Gasteiger partial charge in [0, 0.05) is 0 Å². The molecule has 0 aliphatic heterocycles. The molecule has 0 amide bonds. The van der Waals surface area contributed by atoms with E-state index in [-0.39, 0.29) is 40.6 Å². The Kier molecular flexibility index (Phi) is 16.3. The Balaban J connectivity index is 0.00000468. The summed E-state index contributed by atoms with van der Waals surface area (Å²) in [6.45, 7) is 16.7. The van der Waals surface area contributed by atoms with Gasteiger partial charge in [-0.1, -0.05) is 0 Å². The molecule has 0 saturated heterocycles. The van der Waals surface area contributed by atoms with E-state index in [0.29, 0.717) is 0 Å². The zero-order valence-electron chi connectivity index (χ0n) is 35.8. The van der Waals surface area contributed by atoms with Crippen LogP contribution >= 0.6 is 0 Å². The number of aryl methyl sites for hydroxylation is 3. The fraction of sp³-hybridized carbons (Fsp3) is 0.476. The van der Waals surface area contributed by atoms with Gasteiger partial charge in [-0.05, 0) is 0 Å². The fourth-order valence-corrected chi connectivity index (χ4v) is 18.7. The minimum atomic E-state index is -3.33. The van der Waals surface area contributed by atoms with Crippen molar-refractivity contribution in [1.29, 1.82) is 0 Å². The van der Waals surface area contributed by atoms with Crippen LogP contribution < -0.4 is 82.2 Å². The molecule has 0 fully saturated rings. The first-order valence-corrected chi connectivity index (χ1v) is 20.5. The smallest absolute Gasteiger partial charge is 1.00 e. The van der Waals surface area contributed by atoms with Crippen molar-refractivity contribution in [1.82, 2.24) is 0 Å². The molecule has 0 bridgehead atoms. The third kappa shape index (κ3) is 7.40. The number of anilines is 6. The van der Waals surface area contributed by atoms with Crippen LogP contribution in [0.5, 0.6) is 0 Å². The van der Waals surface area contributed by atoms with Crippen molar-refractivity contribution in [3.05, 3.63) is 75.4 Å². The molecule has 290 valence electrons. The Morgan fingerprint density at radius 3 is 0.811 bits per heavy atom. The van der Waals surface area contributed by atoms with Crippen molar-refractivity contribution < 1.29 is 57.7 Å². The summed E-state index contributed by atoms with van der Waals surface area (Å²) in [6, 6.07) is 14.2. The molecule has 0 unspecified atom stereocenters. The molecule has 6 nitrogen and oxygen atoms in total. The Morgan fingerprint density at radius 2 is 0.623 bits per heavy atom. The molecule has 3 aromatic carbocycles. The van der Waals surface area contributed by atoms with Crippen molar-refractivity contribution in [2.24, 2.45) is 0 Å². The van der Waals surface area contributed by atoms with E-state index < -0.39 is 8.07 Å². The molecule has 0 aromatic heterocycles. The molecule has 1 aliphatic carbocycles. The quantitative estimate of drug-likeness (QED) is 0.164. The van der Waals surface area contributed by atoms with Crippen LogP contribution in [0.2, 0.25) is 3.34 Å². The largest absolute Gasteiger partial charge is 1.00 e. The molecule has 0 spiro atoms. The Hall–Kier alpha value is -2.26. The first kappa shape index (κ1) is 48.8. The summed E-state index contributed by atoms with van der Waals surface area (Å²) in [5.41, 5.74) is 17.5. The van der Waals surface area contributed by atoms with Gasteiger partial charge in [-0.15, -0.1) is 0 Å². The number of benzene rings is 3. The molecule has 1 aliphatic rings. The molecular weight excluding hydrogens is 771 g/mol. The van der Waals surface area contributed by atoms with E-state index in [4.69, 9.17) is 0 Å². The van der Waals surface area contributed by atoms with Crippen molar-refractivity contribution in [3.8, 4) is 0 Å². The molecule has 3 aromatic rings. The topological polar surface area (TPSA) is 19.4 Å². The van der Waals surface area contributed by atoms with E-state index in [1.165, 1.54) is 88.7 Å². The minimum Gasteiger partial charge on any atom is -1.00 e. The number of allylic oxidation sites excluding steroid dienone is 4. The molecule has 0 saturated carbocycles. The van der Waals surface area contributed by atoms with Gasteiger partial charge in [-0.25, -0.2) is 0 Å². The van der Waals surface area contributed by atoms with Gasteiger partial charge in [-0.2, -0.15) is 0 Å². The summed E-state index contributed by atoms with van der Waals surface area (Å²) >= 11 is 2.62. The van der Waals surface area contributed by atoms with E-state index in [1.807, 2.05) is 0 Å². The molecule has 53 heavy (non-hydrogen) atoms. The van der Waals surface area contributed by atoms with Crippen LogP contribution in [0.4, 0.5) is 34.1 Å². The van der Waals surface area contributed by atoms with Crippen LogP contribution in [-0.4, -0.2) is 92.6 Å². The molecule has 0 heterocycles. The Labute approximate surface area is 354 Å². The third-order valence-electron chi connectivity index (χ3n) is 11.4. The normalized spacial score (nSPS) is 13.6. The minimum absolute atomic E-state index is 0. The second-order valence-corrected chi connectivity index (χ2v) is 21.4. The van der Waals surface area contributed by atoms with Gasteiger partial charge >= 0.3 is 319 Å². The average Bonchev–Trinajstić information content (AvgIpc) is 3.17. The van der Waals surface area contributed by atoms with Gasteiger partial charge in [0.25, 0.3) is 0 Å². The zero-order valence-corrected chi connectivity index (χ0v) is 40.6. The maximum Gasteiger partial charge on any atom is -1.00 e. The molecule has 0 radical (unpaired) electrons. The van der Waals surface area contributed by atoms with Crippen LogP contribution in [0.3, 0.4) is 0 Å². The predicted octanol–water partition coefficient (Wildman–Crippen LogP) is -2.58.